The van der Waals surface area contributed by atoms with Crippen LogP contribution in [0.2, 0.25) is 0 Å². The lowest BCUT2D eigenvalue weighted by Crippen LogP contribution is -2.55. The van der Waals surface area contributed by atoms with Gasteiger partial charge in [-0.3, -0.25) is 9.59 Å². The SMILES string of the molecule is CCCC[C@H](NC(=O)[C@@H](NC(=O)OC)[C@@H](C)OC)c1ncc(-c2cc3c4c(c2)OCc2cc(-c5cnc([C@@H]6CC[C@H](C)N6C(=O)[C@@H](NC(=O)OC)[C@@H](C)OC)[nH]5)cc(c2-4)OC3)[nH]1. The number of amides is 4. The van der Waals surface area contributed by atoms with Crippen LogP contribution < -0.4 is 25.4 Å². The number of ether oxygens (including phenoxy) is 6. The highest BCUT2D eigenvalue weighted by Gasteiger charge is 2.42. The minimum atomic E-state index is -0.982. The average Bonchev–Trinajstić information content (AvgIpc) is 4.07. The summed E-state index contributed by atoms with van der Waals surface area (Å²) in [5, 5.41) is 8.27. The molecule has 3 aliphatic rings. The van der Waals surface area contributed by atoms with Crippen LogP contribution in [-0.2, 0) is 41.8 Å². The first-order valence-electron chi connectivity index (χ1n) is 21.0. The zero-order valence-corrected chi connectivity index (χ0v) is 36.4. The smallest absolute Gasteiger partial charge is 0.407 e. The number of alkyl carbamates (subject to hydrolysis) is 2. The van der Waals surface area contributed by atoms with E-state index < -0.39 is 48.4 Å². The van der Waals surface area contributed by atoms with E-state index in [9.17, 15) is 19.2 Å². The van der Waals surface area contributed by atoms with E-state index in [1.807, 2.05) is 19.1 Å². The minimum absolute atomic E-state index is 0.0900. The largest absolute Gasteiger partial charge is 0.488 e. The number of carbonyl (C=O) groups excluding carboxylic acids is 4. The Morgan fingerprint density at radius 2 is 1.35 bits per heavy atom. The molecule has 7 rings (SSSR count). The Morgan fingerprint density at radius 3 is 1.94 bits per heavy atom. The van der Waals surface area contributed by atoms with Crippen molar-refractivity contribution in [2.45, 2.75) is 115 Å². The Balaban J connectivity index is 1.12. The standard InChI is InChI=1S/C44H56N8O10/c1-9-10-11-29(49-41(53)37(23(3)57-5)50-43(55)59-7)39-45-18-30(47-39)25-14-27-20-62-34-17-26(15-28-21-61-33(16-25)35(27)36(28)34)31-19-46-40(48-31)32-13-12-22(2)52(32)42(54)38(24(4)58-6)51-44(56)60-8/h14-19,22-24,29,32,37-38H,9-13,20-21H2,1-8H3,(H,45,47)(H,46,48)(H,49,53)(H,50,55)(H,51,56)/t22-,23+,24+,29-,32-,37-,38-/m0/s1. The van der Waals surface area contributed by atoms with Gasteiger partial charge in [0, 0.05) is 53.6 Å². The van der Waals surface area contributed by atoms with Gasteiger partial charge in [0.2, 0.25) is 11.8 Å². The van der Waals surface area contributed by atoms with Gasteiger partial charge in [0.1, 0.15) is 48.4 Å². The van der Waals surface area contributed by atoms with Crippen molar-refractivity contribution in [2.75, 3.05) is 28.4 Å². The van der Waals surface area contributed by atoms with Crippen LogP contribution in [0, 0.1) is 0 Å². The van der Waals surface area contributed by atoms with Gasteiger partial charge in [0.25, 0.3) is 0 Å². The maximum atomic E-state index is 14.0. The number of aromatic nitrogens is 4. The zero-order chi connectivity index (χ0) is 44.2. The first-order valence-corrected chi connectivity index (χ1v) is 21.0. The first kappa shape index (κ1) is 43.9. The summed E-state index contributed by atoms with van der Waals surface area (Å²) in [6, 6.07) is 5.33. The Bertz CT molecular complexity index is 2240. The molecule has 5 N–H and O–H groups in total. The van der Waals surface area contributed by atoms with Gasteiger partial charge >= 0.3 is 12.2 Å². The van der Waals surface area contributed by atoms with Gasteiger partial charge < -0.3 is 59.2 Å². The first-order chi connectivity index (χ1) is 29.9. The molecule has 1 fully saturated rings. The Kier molecular flexibility index (Phi) is 13.4. The fraction of sp³-hybridized carbons (Fsp3) is 0.500. The van der Waals surface area contributed by atoms with Crippen molar-refractivity contribution in [3.05, 3.63) is 59.4 Å². The normalized spacial score (nSPS) is 18.5. The quantitative estimate of drug-likeness (QED) is 0.0898. The Labute approximate surface area is 360 Å². The third-order valence-electron chi connectivity index (χ3n) is 12.1. The van der Waals surface area contributed by atoms with Crippen molar-refractivity contribution in [1.29, 1.82) is 0 Å². The van der Waals surface area contributed by atoms with Crippen LogP contribution in [0.5, 0.6) is 11.5 Å². The van der Waals surface area contributed by atoms with Gasteiger partial charge in [-0.25, -0.2) is 19.6 Å². The molecule has 18 heteroatoms. The molecule has 4 amide bonds. The van der Waals surface area contributed by atoms with Gasteiger partial charge in [0.15, 0.2) is 0 Å². The number of unbranched alkanes of at least 4 members (excludes halogenated alkanes) is 1. The van der Waals surface area contributed by atoms with Gasteiger partial charge in [-0.05, 0) is 64.3 Å². The fourth-order valence-electron chi connectivity index (χ4n) is 8.46. The highest BCUT2D eigenvalue weighted by Crippen LogP contribution is 2.51. The topological polar surface area (TPSA) is 220 Å². The number of carbonyl (C=O) groups is 4. The van der Waals surface area contributed by atoms with Gasteiger partial charge in [-0.2, -0.15) is 0 Å². The second-order valence-corrected chi connectivity index (χ2v) is 16.0. The molecule has 0 spiro atoms. The molecule has 4 aromatic rings. The second-order valence-electron chi connectivity index (χ2n) is 16.0. The molecule has 62 heavy (non-hydrogen) atoms. The van der Waals surface area contributed by atoms with E-state index in [1.165, 1.54) is 28.4 Å². The summed E-state index contributed by atoms with van der Waals surface area (Å²) >= 11 is 0. The van der Waals surface area contributed by atoms with Crippen LogP contribution in [0.4, 0.5) is 9.59 Å². The Morgan fingerprint density at radius 1 is 0.790 bits per heavy atom. The maximum absolute atomic E-state index is 14.0. The van der Waals surface area contributed by atoms with E-state index in [0.29, 0.717) is 37.7 Å². The van der Waals surface area contributed by atoms with Crippen LogP contribution in [0.15, 0.2) is 36.7 Å². The number of rotatable bonds is 16. The second kappa shape index (κ2) is 18.9. The number of hydrogen-bond donors (Lipinski definition) is 5. The van der Waals surface area contributed by atoms with Crippen molar-refractivity contribution in [3.8, 4) is 45.1 Å². The predicted octanol–water partition coefficient (Wildman–Crippen LogP) is 5.84. The number of nitrogens with zero attached hydrogens (tertiary/aromatic N) is 3. The third-order valence-corrected chi connectivity index (χ3v) is 12.1. The van der Waals surface area contributed by atoms with Crippen molar-refractivity contribution < 1.29 is 47.6 Å². The van der Waals surface area contributed by atoms with Crippen molar-refractivity contribution in [3.63, 3.8) is 0 Å². The molecule has 5 heterocycles. The van der Waals surface area contributed by atoms with E-state index in [1.54, 1.807) is 31.1 Å². The molecule has 0 unspecified atom stereocenters. The number of imidazole rings is 2. The van der Waals surface area contributed by atoms with Crippen LogP contribution >= 0.6 is 0 Å². The van der Waals surface area contributed by atoms with E-state index in [4.69, 9.17) is 38.4 Å². The molecule has 0 bridgehead atoms. The molecule has 2 aromatic carbocycles. The van der Waals surface area contributed by atoms with E-state index in [0.717, 1.165) is 75.5 Å². The summed E-state index contributed by atoms with van der Waals surface area (Å²) < 4.78 is 33.2. The summed E-state index contributed by atoms with van der Waals surface area (Å²) in [5.41, 5.74) is 7.12. The number of H-pyrrole nitrogens is 2. The van der Waals surface area contributed by atoms with Gasteiger partial charge in [-0.15, -0.1) is 0 Å². The monoisotopic (exact) mass is 856 g/mol. The zero-order valence-electron chi connectivity index (χ0n) is 36.4. The van der Waals surface area contributed by atoms with Gasteiger partial charge in [0.05, 0.1) is 62.3 Å². The molecule has 3 aliphatic heterocycles. The molecule has 18 nitrogen and oxygen atoms in total. The number of likely N-dealkylation sites (tertiary alicyclic amines) is 1. The van der Waals surface area contributed by atoms with E-state index in [2.05, 4.69) is 45.0 Å². The summed E-state index contributed by atoms with van der Waals surface area (Å²) in [5.74, 6) is 1.99. The molecule has 7 atom stereocenters. The summed E-state index contributed by atoms with van der Waals surface area (Å²) in [7, 11) is 5.46. The molecule has 0 radical (unpaired) electrons. The predicted molar refractivity (Wildman–Crippen MR) is 226 cm³/mol. The lowest BCUT2D eigenvalue weighted by molar-refractivity contribution is -0.139. The molecular formula is C44H56N8O10. The molecule has 0 saturated carbocycles. The maximum Gasteiger partial charge on any atom is 0.407 e. The van der Waals surface area contributed by atoms with E-state index in [-0.39, 0.29) is 18.0 Å². The lowest BCUT2D eigenvalue weighted by Gasteiger charge is -2.33. The molecular weight excluding hydrogens is 801 g/mol. The summed E-state index contributed by atoms with van der Waals surface area (Å²) in [6.45, 7) is 8.11. The number of nitrogens with one attached hydrogen (secondary N) is 5. The lowest BCUT2D eigenvalue weighted by atomic mass is 9.87. The number of methoxy groups -OCH3 is 4. The van der Waals surface area contributed by atoms with Crippen molar-refractivity contribution in [1.82, 2.24) is 40.8 Å². The third kappa shape index (κ3) is 8.79. The highest BCUT2D eigenvalue weighted by molar-refractivity contribution is 5.89. The van der Waals surface area contributed by atoms with Crippen LogP contribution in [0.3, 0.4) is 0 Å². The van der Waals surface area contributed by atoms with Crippen LogP contribution in [0.25, 0.3) is 33.6 Å². The van der Waals surface area contributed by atoms with E-state index >= 15 is 0 Å². The Hall–Kier alpha value is -6.14. The fourth-order valence-corrected chi connectivity index (χ4v) is 8.46. The van der Waals surface area contributed by atoms with Crippen molar-refractivity contribution in [2.24, 2.45) is 0 Å². The number of hydrogen-bond acceptors (Lipinski definition) is 12. The minimum Gasteiger partial charge on any atom is -0.488 e. The number of benzene rings is 2. The molecule has 0 aliphatic carbocycles. The molecule has 2 aromatic heterocycles. The summed E-state index contributed by atoms with van der Waals surface area (Å²) in [6.07, 6.45) is 4.69. The van der Waals surface area contributed by atoms with Crippen LogP contribution in [0.1, 0.15) is 94.7 Å². The van der Waals surface area contributed by atoms with Crippen molar-refractivity contribution >= 4 is 24.0 Å². The molecule has 1 saturated heterocycles. The van der Waals surface area contributed by atoms with Crippen LogP contribution in [-0.4, -0.2) is 108 Å². The summed E-state index contributed by atoms with van der Waals surface area (Å²) in [4.78, 5) is 69.8. The average molecular weight is 857 g/mol. The molecule has 332 valence electrons. The highest BCUT2D eigenvalue weighted by atomic mass is 16.5. The van der Waals surface area contributed by atoms with Gasteiger partial charge in [-0.1, -0.05) is 19.8 Å². The number of aromatic amines is 2.